The van der Waals surface area contributed by atoms with Crippen molar-refractivity contribution in [1.29, 1.82) is 0 Å². The van der Waals surface area contributed by atoms with Crippen LogP contribution in [0.5, 0.6) is 0 Å². The number of alkyl halides is 3. The summed E-state index contributed by atoms with van der Waals surface area (Å²) >= 11 is 0. The normalized spacial score (nSPS) is 17.5. The van der Waals surface area contributed by atoms with Crippen molar-refractivity contribution in [3.63, 3.8) is 0 Å². The number of rotatable bonds is 3. The second kappa shape index (κ2) is 7.74. The lowest BCUT2D eigenvalue weighted by Gasteiger charge is -2.36. The van der Waals surface area contributed by atoms with Crippen LogP contribution in [0.25, 0.3) is 11.0 Å². The molecule has 1 atom stereocenters. The fraction of sp³-hybridized carbons (Fsp3) is 0.409. The molecule has 1 unspecified atom stereocenters. The molecule has 1 aromatic carbocycles. The molecule has 1 fully saturated rings. The van der Waals surface area contributed by atoms with Crippen molar-refractivity contribution in [1.82, 2.24) is 19.7 Å². The molecule has 5 nitrogen and oxygen atoms in total. The SMILES string of the molecule is Cc1cc(C(F)(F)F)c2c(C)nn(CC(=O)N3CCCCC3c3ccccc3)c2n1. The van der Waals surface area contributed by atoms with E-state index in [1.807, 2.05) is 35.2 Å². The van der Waals surface area contributed by atoms with Gasteiger partial charge in [-0.3, -0.25) is 4.79 Å². The predicted octanol–water partition coefficient (Wildman–Crippen LogP) is 4.82. The highest BCUT2D eigenvalue weighted by Gasteiger charge is 2.36. The van der Waals surface area contributed by atoms with E-state index in [0.717, 1.165) is 30.9 Å². The summed E-state index contributed by atoms with van der Waals surface area (Å²) in [5, 5.41) is 4.20. The minimum absolute atomic E-state index is 0.0317. The molecule has 0 N–H and O–H groups in total. The zero-order valence-electron chi connectivity index (χ0n) is 16.9. The maximum atomic E-state index is 13.5. The molecule has 0 saturated carbocycles. The van der Waals surface area contributed by atoms with E-state index in [1.54, 1.807) is 0 Å². The Morgan fingerprint density at radius 2 is 1.90 bits per heavy atom. The molecule has 0 bridgehead atoms. The van der Waals surface area contributed by atoms with Crippen LogP contribution in [0.4, 0.5) is 13.2 Å². The average molecular weight is 416 g/mol. The molecule has 1 saturated heterocycles. The number of aromatic nitrogens is 3. The van der Waals surface area contributed by atoms with Crippen LogP contribution in [0, 0.1) is 13.8 Å². The van der Waals surface area contributed by atoms with Gasteiger partial charge in [0.25, 0.3) is 0 Å². The average Bonchev–Trinajstić information content (AvgIpc) is 3.02. The van der Waals surface area contributed by atoms with Gasteiger partial charge in [0.1, 0.15) is 6.54 Å². The van der Waals surface area contributed by atoms with E-state index in [1.165, 1.54) is 18.5 Å². The first-order valence-electron chi connectivity index (χ1n) is 10.0. The third-order valence-corrected chi connectivity index (χ3v) is 5.60. The molecule has 8 heteroatoms. The minimum atomic E-state index is -4.51. The summed E-state index contributed by atoms with van der Waals surface area (Å²) < 4.78 is 41.9. The van der Waals surface area contributed by atoms with E-state index in [0.29, 0.717) is 6.54 Å². The van der Waals surface area contributed by atoms with E-state index in [4.69, 9.17) is 0 Å². The fourth-order valence-electron chi connectivity index (χ4n) is 4.28. The molecule has 0 aliphatic carbocycles. The summed E-state index contributed by atoms with van der Waals surface area (Å²) in [5.41, 5.74) is 0.864. The van der Waals surface area contributed by atoms with Crippen molar-refractivity contribution in [2.45, 2.75) is 51.9 Å². The van der Waals surface area contributed by atoms with Gasteiger partial charge in [0.2, 0.25) is 5.91 Å². The van der Waals surface area contributed by atoms with Crippen LogP contribution in [-0.4, -0.2) is 32.1 Å². The number of likely N-dealkylation sites (tertiary alicyclic amines) is 1. The molecule has 0 radical (unpaired) electrons. The van der Waals surface area contributed by atoms with Crippen LogP contribution >= 0.6 is 0 Å². The van der Waals surface area contributed by atoms with Crippen molar-refractivity contribution >= 4 is 16.9 Å². The Labute approximate surface area is 172 Å². The number of amides is 1. The Morgan fingerprint density at radius 1 is 1.17 bits per heavy atom. The minimum Gasteiger partial charge on any atom is -0.334 e. The number of nitrogens with zero attached hydrogens (tertiary/aromatic N) is 4. The van der Waals surface area contributed by atoms with Crippen LogP contribution in [0.2, 0.25) is 0 Å². The lowest BCUT2D eigenvalue weighted by molar-refractivity contribution is -0.136. The number of pyridine rings is 1. The number of aryl methyl sites for hydroxylation is 2. The third kappa shape index (κ3) is 3.78. The number of piperidine rings is 1. The van der Waals surface area contributed by atoms with Crippen molar-refractivity contribution < 1.29 is 18.0 Å². The number of carbonyl (C=O) groups is 1. The van der Waals surface area contributed by atoms with Gasteiger partial charge < -0.3 is 4.90 Å². The number of halogens is 3. The van der Waals surface area contributed by atoms with Crippen LogP contribution in [-0.2, 0) is 17.5 Å². The van der Waals surface area contributed by atoms with E-state index in [9.17, 15) is 18.0 Å². The predicted molar refractivity (Wildman–Crippen MR) is 107 cm³/mol. The van der Waals surface area contributed by atoms with Crippen LogP contribution in [0.1, 0.15) is 47.8 Å². The lowest BCUT2D eigenvalue weighted by atomic mass is 9.95. The zero-order valence-corrected chi connectivity index (χ0v) is 16.9. The third-order valence-electron chi connectivity index (χ3n) is 5.60. The van der Waals surface area contributed by atoms with E-state index in [2.05, 4.69) is 10.1 Å². The van der Waals surface area contributed by atoms with E-state index < -0.39 is 11.7 Å². The Bertz CT molecular complexity index is 1080. The highest BCUT2D eigenvalue weighted by atomic mass is 19.4. The van der Waals surface area contributed by atoms with Crippen LogP contribution in [0.15, 0.2) is 36.4 Å². The van der Waals surface area contributed by atoms with Crippen molar-refractivity contribution in [2.75, 3.05) is 6.54 Å². The molecule has 3 heterocycles. The van der Waals surface area contributed by atoms with Crippen LogP contribution < -0.4 is 0 Å². The zero-order chi connectivity index (χ0) is 21.5. The molecule has 1 amide bonds. The molecular formula is C22H23F3N4O. The summed E-state index contributed by atoms with van der Waals surface area (Å²) in [6.45, 7) is 3.51. The van der Waals surface area contributed by atoms with Gasteiger partial charge in [-0.1, -0.05) is 30.3 Å². The maximum absolute atomic E-state index is 13.5. The van der Waals surface area contributed by atoms with Gasteiger partial charge in [0, 0.05) is 12.2 Å². The summed E-state index contributed by atoms with van der Waals surface area (Å²) in [7, 11) is 0. The van der Waals surface area contributed by atoms with Gasteiger partial charge in [-0.2, -0.15) is 18.3 Å². The van der Waals surface area contributed by atoms with Crippen molar-refractivity contribution in [3.05, 3.63) is 58.9 Å². The second-order valence-electron chi connectivity index (χ2n) is 7.76. The van der Waals surface area contributed by atoms with Crippen molar-refractivity contribution in [2.24, 2.45) is 0 Å². The summed E-state index contributed by atoms with van der Waals surface area (Å²) in [6.07, 6.45) is -1.71. The smallest absolute Gasteiger partial charge is 0.334 e. The quantitative estimate of drug-likeness (QED) is 0.615. The highest BCUT2D eigenvalue weighted by Crippen LogP contribution is 2.36. The van der Waals surface area contributed by atoms with Crippen LogP contribution in [0.3, 0.4) is 0 Å². The summed E-state index contributed by atoms with van der Waals surface area (Å²) in [4.78, 5) is 19.3. The Balaban J connectivity index is 1.68. The van der Waals surface area contributed by atoms with Gasteiger partial charge in [-0.05, 0) is 44.7 Å². The number of hydrogen-bond donors (Lipinski definition) is 0. The monoisotopic (exact) mass is 416 g/mol. The Kier molecular flexibility index (Phi) is 5.26. The van der Waals surface area contributed by atoms with E-state index in [-0.39, 0.29) is 40.9 Å². The first-order valence-corrected chi connectivity index (χ1v) is 10.0. The number of carbonyl (C=O) groups excluding carboxylic acids is 1. The number of fused-ring (bicyclic) bond motifs is 1. The largest absolute Gasteiger partial charge is 0.417 e. The maximum Gasteiger partial charge on any atom is 0.417 e. The van der Waals surface area contributed by atoms with Gasteiger partial charge in [0.05, 0.1) is 22.7 Å². The molecule has 2 aromatic heterocycles. The molecule has 0 spiro atoms. The molecule has 158 valence electrons. The number of hydrogen-bond acceptors (Lipinski definition) is 3. The molecule has 1 aliphatic heterocycles. The lowest BCUT2D eigenvalue weighted by Crippen LogP contribution is -2.40. The van der Waals surface area contributed by atoms with Gasteiger partial charge in [-0.25, -0.2) is 9.67 Å². The van der Waals surface area contributed by atoms with Gasteiger partial charge in [0.15, 0.2) is 5.65 Å². The second-order valence-corrected chi connectivity index (χ2v) is 7.76. The highest BCUT2D eigenvalue weighted by molar-refractivity contribution is 5.85. The summed E-state index contributed by atoms with van der Waals surface area (Å²) in [6, 6.07) is 10.8. The first-order chi connectivity index (χ1) is 14.3. The first kappa shape index (κ1) is 20.4. The standard InChI is InChI=1S/C22H23F3N4O/c1-14-12-17(22(23,24)25)20-15(2)27-29(21(20)26-14)13-19(30)28-11-7-6-10-18(28)16-8-4-3-5-9-16/h3-5,8-9,12,18H,6-7,10-11,13H2,1-2H3. The molecular weight excluding hydrogens is 393 g/mol. The molecule has 4 rings (SSSR count). The Morgan fingerprint density at radius 3 is 2.60 bits per heavy atom. The van der Waals surface area contributed by atoms with Gasteiger partial charge >= 0.3 is 6.18 Å². The Hall–Kier alpha value is -2.90. The van der Waals surface area contributed by atoms with Gasteiger partial charge in [-0.15, -0.1) is 0 Å². The van der Waals surface area contributed by atoms with E-state index >= 15 is 0 Å². The van der Waals surface area contributed by atoms with Crippen molar-refractivity contribution in [3.8, 4) is 0 Å². The molecule has 30 heavy (non-hydrogen) atoms. The fourth-order valence-corrected chi connectivity index (χ4v) is 4.28. The topological polar surface area (TPSA) is 51.0 Å². The number of benzene rings is 1. The summed E-state index contributed by atoms with van der Waals surface area (Å²) in [5.74, 6) is -0.162. The molecule has 1 aliphatic rings. The molecule has 3 aromatic rings.